The fourth-order valence-electron chi connectivity index (χ4n) is 1.06. The Kier molecular flexibility index (Phi) is 2.24. The van der Waals surface area contributed by atoms with Crippen LogP contribution in [-0.4, -0.2) is 29.8 Å². The highest BCUT2D eigenvalue weighted by molar-refractivity contribution is 5.72. The Morgan fingerprint density at radius 1 is 1.70 bits per heavy atom. The molecule has 0 spiro atoms. The Labute approximate surface area is 59.0 Å². The Balaban J connectivity index is 2.35. The van der Waals surface area contributed by atoms with Crippen LogP contribution in [0.25, 0.3) is 0 Å². The molecule has 1 rings (SSSR count). The lowest BCUT2D eigenvalue weighted by Crippen LogP contribution is -2.24. The largest absolute Gasteiger partial charge is 0.479 e. The quantitative estimate of drug-likeness (QED) is 0.553. The highest BCUT2D eigenvalue weighted by Gasteiger charge is 2.29. The second-order valence-electron chi connectivity index (χ2n) is 2.40. The minimum atomic E-state index is -0.879. The van der Waals surface area contributed by atoms with Crippen LogP contribution < -0.4 is 5.73 Å². The molecule has 4 nitrogen and oxygen atoms in total. The van der Waals surface area contributed by atoms with Gasteiger partial charge in [0.15, 0.2) is 6.10 Å². The predicted octanol–water partition coefficient (Wildman–Crippen LogP) is -0.423. The number of carboxylic acid groups (broad SMARTS) is 1. The molecule has 0 aromatic carbocycles. The Bertz CT molecular complexity index is 137. The van der Waals surface area contributed by atoms with Crippen molar-refractivity contribution >= 4 is 5.97 Å². The first kappa shape index (κ1) is 7.50. The molecule has 0 aliphatic carbocycles. The van der Waals surface area contributed by atoms with Crippen LogP contribution in [0.2, 0.25) is 0 Å². The van der Waals surface area contributed by atoms with Crippen LogP contribution in [0.15, 0.2) is 0 Å². The van der Waals surface area contributed by atoms with Gasteiger partial charge in [0.25, 0.3) is 0 Å². The van der Waals surface area contributed by atoms with Crippen LogP contribution in [0.1, 0.15) is 12.8 Å². The first-order chi connectivity index (χ1) is 4.74. The van der Waals surface area contributed by atoms with Crippen molar-refractivity contribution in [1.29, 1.82) is 0 Å². The van der Waals surface area contributed by atoms with Gasteiger partial charge in [-0.3, -0.25) is 0 Å². The molecule has 0 amide bonds. The number of aliphatic carboxylic acids is 1. The lowest BCUT2D eigenvalue weighted by atomic mass is 10.2. The summed E-state index contributed by atoms with van der Waals surface area (Å²) in [5, 5.41) is 8.46. The summed E-state index contributed by atoms with van der Waals surface area (Å²) in [6.07, 6.45) is 0.708. The molecule has 1 aliphatic rings. The van der Waals surface area contributed by atoms with Gasteiger partial charge in [0.05, 0.1) is 6.10 Å². The van der Waals surface area contributed by atoms with E-state index in [-0.39, 0.29) is 6.10 Å². The van der Waals surface area contributed by atoms with E-state index >= 15 is 0 Å². The average Bonchev–Trinajstić information content (AvgIpc) is 2.34. The lowest BCUT2D eigenvalue weighted by Gasteiger charge is -2.06. The third kappa shape index (κ3) is 1.46. The maximum absolute atomic E-state index is 10.3. The van der Waals surface area contributed by atoms with Crippen molar-refractivity contribution in [2.24, 2.45) is 5.73 Å². The molecule has 0 aromatic rings. The number of ether oxygens (including phenoxy) is 1. The summed E-state index contributed by atoms with van der Waals surface area (Å²) in [5.74, 6) is -0.879. The van der Waals surface area contributed by atoms with Gasteiger partial charge in [-0.05, 0) is 12.8 Å². The van der Waals surface area contributed by atoms with Crippen molar-refractivity contribution in [3.63, 3.8) is 0 Å². The molecule has 3 N–H and O–H groups in total. The molecule has 1 fully saturated rings. The number of carboxylic acids is 1. The van der Waals surface area contributed by atoms with Gasteiger partial charge in [-0.2, -0.15) is 0 Å². The monoisotopic (exact) mass is 145 g/mol. The van der Waals surface area contributed by atoms with Crippen LogP contribution >= 0.6 is 0 Å². The molecule has 0 aromatic heterocycles. The second-order valence-corrected chi connectivity index (χ2v) is 2.40. The van der Waals surface area contributed by atoms with Gasteiger partial charge >= 0.3 is 5.97 Å². The average molecular weight is 145 g/mol. The van der Waals surface area contributed by atoms with Gasteiger partial charge in [0, 0.05) is 6.54 Å². The fraction of sp³-hybridized carbons (Fsp3) is 0.833. The van der Waals surface area contributed by atoms with Gasteiger partial charge < -0.3 is 15.6 Å². The third-order valence-corrected chi connectivity index (χ3v) is 1.65. The molecule has 0 radical (unpaired) electrons. The molecule has 4 heteroatoms. The van der Waals surface area contributed by atoms with Crippen LogP contribution in [0.3, 0.4) is 0 Å². The van der Waals surface area contributed by atoms with E-state index in [1.54, 1.807) is 0 Å². The van der Waals surface area contributed by atoms with E-state index in [1.807, 2.05) is 0 Å². The van der Waals surface area contributed by atoms with Crippen molar-refractivity contribution in [3.05, 3.63) is 0 Å². The molecule has 2 atom stereocenters. The van der Waals surface area contributed by atoms with Gasteiger partial charge in [-0.25, -0.2) is 4.79 Å². The number of nitrogens with two attached hydrogens (primary N) is 1. The molecular weight excluding hydrogens is 134 g/mol. The number of rotatable bonds is 2. The maximum Gasteiger partial charge on any atom is 0.332 e. The van der Waals surface area contributed by atoms with Gasteiger partial charge in [0.1, 0.15) is 0 Å². The fourth-order valence-corrected chi connectivity index (χ4v) is 1.06. The van der Waals surface area contributed by atoms with Gasteiger partial charge in [-0.1, -0.05) is 0 Å². The van der Waals surface area contributed by atoms with E-state index in [0.717, 1.165) is 6.42 Å². The Hall–Kier alpha value is -0.610. The molecule has 0 bridgehead atoms. The zero-order valence-electron chi connectivity index (χ0n) is 5.62. The van der Waals surface area contributed by atoms with Gasteiger partial charge in [-0.15, -0.1) is 0 Å². The Morgan fingerprint density at radius 2 is 2.40 bits per heavy atom. The van der Waals surface area contributed by atoms with E-state index in [4.69, 9.17) is 15.6 Å². The normalized spacial score (nSPS) is 32.5. The molecule has 0 saturated carbocycles. The number of carbonyl (C=O) groups is 1. The van der Waals surface area contributed by atoms with E-state index < -0.39 is 12.1 Å². The lowest BCUT2D eigenvalue weighted by molar-refractivity contribution is -0.149. The zero-order valence-corrected chi connectivity index (χ0v) is 5.62. The van der Waals surface area contributed by atoms with Gasteiger partial charge in [0.2, 0.25) is 0 Å². The third-order valence-electron chi connectivity index (χ3n) is 1.65. The summed E-state index contributed by atoms with van der Waals surface area (Å²) < 4.78 is 5.05. The minimum absolute atomic E-state index is 0.0406. The second kappa shape index (κ2) is 2.98. The number of hydrogen-bond acceptors (Lipinski definition) is 3. The highest BCUT2D eigenvalue weighted by Crippen LogP contribution is 2.18. The van der Waals surface area contributed by atoms with E-state index in [2.05, 4.69) is 0 Å². The van der Waals surface area contributed by atoms with Crippen molar-refractivity contribution in [3.8, 4) is 0 Å². The molecule has 1 aliphatic heterocycles. The Morgan fingerprint density at radius 3 is 2.70 bits per heavy atom. The van der Waals surface area contributed by atoms with E-state index in [9.17, 15) is 4.79 Å². The van der Waals surface area contributed by atoms with Crippen molar-refractivity contribution in [1.82, 2.24) is 0 Å². The predicted molar refractivity (Wildman–Crippen MR) is 34.6 cm³/mol. The standard InChI is InChI=1S/C6H11NO3/c7-3-4-1-2-5(10-4)6(8)9/h4-5H,1-3,7H2,(H,8,9)/t4?,5-/m1/s1. The van der Waals surface area contributed by atoms with Crippen molar-refractivity contribution in [2.75, 3.05) is 6.54 Å². The summed E-state index contributed by atoms with van der Waals surface area (Å²) in [6.45, 7) is 0.420. The molecular formula is C6H11NO3. The zero-order chi connectivity index (χ0) is 7.56. The molecule has 58 valence electrons. The highest BCUT2D eigenvalue weighted by atomic mass is 16.5. The summed E-state index contributed by atoms with van der Waals surface area (Å²) in [4.78, 5) is 10.3. The molecule has 1 saturated heterocycles. The maximum atomic E-state index is 10.3. The van der Waals surface area contributed by atoms with E-state index in [1.165, 1.54) is 0 Å². The first-order valence-corrected chi connectivity index (χ1v) is 3.32. The molecule has 1 unspecified atom stereocenters. The van der Waals surface area contributed by atoms with Crippen LogP contribution in [0.5, 0.6) is 0 Å². The van der Waals surface area contributed by atoms with Crippen LogP contribution in [0, 0.1) is 0 Å². The van der Waals surface area contributed by atoms with Crippen LogP contribution in [0.4, 0.5) is 0 Å². The minimum Gasteiger partial charge on any atom is -0.479 e. The smallest absolute Gasteiger partial charge is 0.332 e. The molecule has 10 heavy (non-hydrogen) atoms. The topological polar surface area (TPSA) is 72.6 Å². The SMILES string of the molecule is NCC1CC[C@H](C(=O)O)O1. The summed E-state index contributed by atoms with van der Waals surface area (Å²) >= 11 is 0. The summed E-state index contributed by atoms with van der Waals surface area (Å²) in [5.41, 5.74) is 5.28. The van der Waals surface area contributed by atoms with Crippen LogP contribution in [-0.2, 0) is 9.53 Å². The molecule has 1 heterocycles. The summed E-state index contributed by atoms with van der Waals surface area (Å²) in [6, 6.07) is 0. The first-order valence-electron chi connectivity index (χ1n) is 3.32. The van der Waals surface area contributed by atoms with E-state index in [0.29, 0.717) is 13.0 Å². The van der Waals surface area contributed by atoms with Crippen molar-refractivity contribution < 1.29 is 14.6 Å². The summed E-state index contributed by atoms with van der Waals surface area (Å²) in [7, 11) is 0. The number of hydrogen-bond donors (Lipinski definition) is 2. The van der Waals surface area contributed by atoms with Crippen molar-refractivity contribution in [2.45, 2.75) is 25.0 Å².